The zero-order valence-corrected chi connectivity index (χ0v) is 15.3. The Hall–Kier alpha value is -2.73. The van der Waals surface area contributed by atoms with Crippen molar-refractivity contribution in [2.45, 2.75) is 19.5 Å². The molecule has 6 nitrogen and oxygen atoms in total. The molecule has 3 rings (SSSR count). The number of benzene rings is 2. The van der Waals surface area contributed by atoms with Gasteiger partial charge in [0.1, 0.15) is 5.75 Å². The highest BCUT2D eigenvalue weighted by Gasteiger charge is 2.15. The number of para-hydroxylation sites is 2. The molecule has 7 heteroatoms. The highest BCUT2D eigenvalue weighted by molar-refractivity contribution is 6.30. The van der Waals surface area contributed by atoms with Crippen LogP contribution in [0.25, 0.3) is 11.1 Å². The van der Waals surface area contributed by atoms with Crippen LogP contribution in [-0.2, 0) is 17.9 Å². The zero-order valence-electron chi connectivity index (χ0n) is 14.6. The van der Waals surface area contributed by atoms with E-state index < -0.39 is 5.76 Å². The van der Waals surface area contributed by atoms with E-state index in [9.17, 15) is 9.59 Å². The maximum atomic E-state index is 12.5. The Morgan fingerprint density at radius 3 is 2.81 bits per heavy atom. The molecule has 1 heterocycles. The van der Waals surface area contributed by atoms with Gasteiger partial charge in [-0.05, 0) is 30.3 Å². The van der Waals surface area contributed by atoms with Crippen LogP contribution in [0.15, 0.2) is 51.7 Å². The number of carbonyl (C=O) groups excluding carboxylic acids is 1. The van der Waals surface area contributed by atoms with Gasteiger partial charge in [0.05, 0.1) is 12.6 Å². The SMILES string of the molecule is COc1ccc(Cl)cc1CN(C)C(=O)CCn1c(=O)oc2ccccc21. The number of nitrogens with zero attached hydrogens (tertiary/aromatic N) is 2. The number of carbonyl (C=O) groups is 1. The molecule has 0 N–H and O–H groups in total. The predicted molar refractivity (Wildman–Crippen MR) is 99.6 cm³/mol. The first-order chi connectivity index (χ1) is 12.5. The standard InChI is InChI=1S/C19H19ClN2O4/c1-21(12-13-11-14(20)7-8-16(13)25-2)18(23)9-10-22-15-5-3-4-6-17(15)26-19(22)24/h3-8,11H,9-10,12H2,1-2H3. The van der Waals surface area contributed by atoms with Crippen LogP contribution in [0.2, 0.25) is 5.02 Å². The molecule has 0 aliphatic carbocycles. The van der Waals surface area contributed by atoms with E-state index in [2.05, 4.69) is 0 Å². The number of ether oxygens (including phenoxy) is 1. The summed E-state index contributed by atoms with van der Waals surface area (Å²) in [5.74, 6) is 0.119. The number of rotatable bonds is 6. The molecule has 0 radical (unpaired) electrons. The lowest BCUT2D eigenvalue weighted by Crippen LogP contribution is -2.28. The van der Waals surface area contributed by atoms with Crippen LogP contribution in [0.3, 0.4) is 0 Å². The number of hydrogen-bond donors (Lipinski definition) is 0. The molecule has 1 aromatic heterocycles. The van der Waals surface area contributed by atoms with Gasteiger partial charge < -0.3 is 14.1 Å². The van der Waals surface area contributed by atoms with E-state index in [1.807, 2.05) is 6.07 Å². The molecule has 0 unspecified atom stereocenters. The fourth-order valence-electron chi connectivity index (χ4n) is 2.84. The van der Waals surface area contributed by atoms with Crippen LogP contribution in [-0.4, -0.2) is 29.5 Å². The zero-order chi connectivity index (χ0) is 18.7. The summed E-state index contributed by atoms with van der Waals surface area (Å²) in [4.78, 5) is 26.0. The van der Waals surface area contributed by atoms with Crippen molar-refractivity contribution < 1.29 is 13.9 Å². The summed E-state index contributed by atoms with van der Waals surface area (Å²) in [6, 6.07) is 12.4. The molecule has 0 spiro atoms. The lowest BCUT2D eigenvalue weighted by molar-refractivity contribution is -0.130. The summed E-state index contributed by atoms with van der Waals surface area (Å²) in [6.45, 7) is 0.620. The van der Waals surface area contributed by atoms with Crippen LogP contribution in [0.1, 0.15) is 12.0 Å². The van der Waals surface area contributed by atoms with Crippen molar-refractivity contribution in [2.24, 2.45) is 0 Å². The van der Waals surface area contributed by atoms with E-state index >= 15 is 0 Å². The average Bonchev–Trinajstić information content (AvgIpc) is 2.95. The first-order valence-electron chi connectivity index (χ1n) is 8.14. The molecule has 0 saturated carbocycles. The van der Waals surface area contributed by atoms with Gasteiger partial charge >= 0.3 is 5.76 Å². The number of aryl methyl sites for hydroxylation is 1. The van der Waals surface area contributed by atoms with E-state index in [0.29, 0.717) is 28.4 Å². The Morgan fingerprint density at radius 1 is 1.27 bits per heavy atom. The molecule has 1 amide bonds. The van der Waals surface area contributed by atoms with Crippen LogP contribution < -0.4 is 10.5 Å². The molecular weight excluding hydrogens is 356 g/mol. The van der Waals surface area contributed by atoms with Crippen molar-refractivity contribution >= 4 is 28.6 Å². The van der Waals surface area contributed by atoms with Gasteiger partial charge in [0.25, 0.3) is 0 Å². The molecule has 0 saturated heterocycles. The second-order valence-electron chi connectivity index (χ2n) is 5.94. The Morgan fingerprint density at radius 2 is 2.04 bits per heavy atom. The van der Waals surface area contributed by atoms with Crippen molar-refractivity contribution in [3.63, 3.8) is 0 Å². The quantitative estimate of drug-likeness (QED) is 0.664. The fourth-order valence-corrected chi connectivity index (χ4v) is 3.03. The van der Waals surface area contributed by atoms with Gasteiger partial charge in [0, 0.05) is 37.1 Å². The third-order valence-corrected chi connectivity index (χ3v) is 4.43. The second kappa shape index (κ2) is 7.66. The molecular formula is C19H19ClN2O4. The normalized spacial score (nSPS) is 10.9. The summed E-state index contributed by atoms with van der Waals surface area (Å²) < 4.78 is 12.0. The van der Waals surface area contributed by atoms with Crippen molar-refractivity contribution in [1.82, 2.24) is 9.47 Å². The van der Waals surface area contributed by atoms with Crippen molar-refractivity contribution in [1.29, 1.82) is 0 Å². The van der Waals surface area contributed by atoms with Crippen LogP contribution in [0.4, 0.5) is 0 Å². The van der Waals surface area contributed by atoms with E-state index in [-0.39, 0.29) is 18.9 Å². The number of hydrogen-bond acceptors (Lipinski definition) is 4. The predicted octanol–water partition coefficient (Wildman–Crippen LogP) is 3.31. The Balaban J connectivity index is 1.69. The topological polar surface area (TPSA) is 64.7 Å². The van der Waals surface area contributed by atoms with Crippen LogP contribution >= 0.6 is 11.6 Å². The van der Waals surface area contributed by atoms with Crippen molar-refractivity contribution in [3.8, 4) is 5.75 Å². The van der Waals surface area contributed by atoms with E-state index in [1.54, 1.807) is 55.5 Å². The number of aromatic nitrogens is 1. The number of oxazole rings is 1. The molecule has 26 heavy (non-hydrogen) atoms. The Kier molecular flexibility index (Phi) is 5.32. The van der Waals surface area contributed by atoms with Gasteiger partial charge in [-0.3, -0.25) is 9.36 Å². The van der Waals surface area contributed by atoms with E-state index in [4.69, 9.17) is 20.8 Å². The van der Waals surface area contributed by atoms with E-state index in [1.165, 1.54) is 4.57 Å². The second-order valence-corrected chi connectivity index (χ2v) is 6.38. The third kappa shape index (κ3) is 3.75. The Bertz CT molecular complexity index is 993. The van der Waals surface area contributed by atoms with Crippen LogP contribution in [0, 0.1) is 0 Å². The minimum absolute atomic E-state index is 0.0933. The fraction of sp³-hybridized carbons (Fsp3) is 0.263. The molecule has 0 aliphatic heterocycles. The van der Waals surface area contributed by atoms with Gasteiger partial charge in [-0.2, -0.15) is 0 Å². The largest absolute Gasteiger partial charge is 0.496 e. The van der Waals surface area contributed by atoms with Gasteiger partial charge in [-0.15, -0.1) is 0 Å². The maximum Gasteiger partial charge on any atom is 0.419 e. The smallest absolute Gasteiger partial charge is 0.419 e. The third-order valence-electron chi connectivity index (χ3n) is 4.20. The summed E-state index contributed by atoms with van der Waals surface area (Å²) in [5, 5.41) is 0.582. The van der Waals surface area contributed by atoms with Crippen molar-refractivity contribution in [3.05, 3.63) is 63.6 Å². The van der Waals surface area contributed by atoms with Crippen molar-refractivity contribution in [2.75, 3.05) is 14.2 Å². The van der Waals surface area contributed by atoms with Gasteiger partial charge in [0.2, 0.25) is 5.91 Å². The van der Waals surface area contributed by atoms with Crippen LogP contribution in [0.5, 0.6) is 5.75 Å². The first kappa shape index (κ1) is 18.1. The van der Waals surface area contributed by atoms with E-state index in [0.717, 1.165) is 5.56 Å². The summed E-state index contributed by atoms with van der Waals surface area (Å²) in [6.07, 6.45) is 0.183. The average molecular weight is 375 g/mol. The molecule has 0 atom stereocenters. The first-order valence-corrected chi connectivity index (χ1v) is 8.52. The molecule has 2 aromatic carbocycles. The monoisotopic (exact) mass is 374 g/mol. The number of amides is 1. The molecule has 0 bridgehead atoms. The molecule has 3 aromatic rings. The summed E-state index contributed by atoms with van der Waals surface area (Å²) >= 11 is 6.03. The Labute approximate surface area is 155 Å². The summed E-state index contributed by atoms with van der Waals surface area (Å²) in [5.41, 5.74) is 2.02. The van der Waals surface area contributed by atoms with Gasteiger partial charge in [-0.1, -0.05) is 23.7 Å². The summed E-state index contributed by atoms with van der Waals surface area (Å²) in [7, 11) is 3.28. The highest BCUT2D eigenvalue weighted by Crippen LogP contribution is 2.24. The number of fused-ring (bicyclic) bond motifs is 1. The maximum absolute atomic E-state index is 12.5. The van der Waals surface area contributed by atoms with Gasteiger partial charge in [-0.25, -0.2) is 4.79 Å². The van der Waals surface area contributed by atoms with Gasteiger partial charge in [0.15, 0.2) is 5.58 Å². The lowest BCUT2D eigenvalue weighted by Gasteiger charge is -2.19. The number of halogens is 1. The number of methoxy groups -OCH3 is 1. The minimum Gasteiger partial charge on any atom is -0.496 e. The highest BCUT2D eigenvalue weighted by atomic mass is 35.5. The molecule has 0 fully saturated rings. The lowest BCUT2D eigenvalue weighted by atomic mass is 10.2. The molecule has 0 aliphatic rings. The minimum atomic E-state index is -0.460. The molecule has 136 valence electrons.